The molecule has 1 aromatic carbocycles. The first-order chi connectivity index (χ1) is 8.81. The van der Waals surface area contributed by atoms with Gasteiger partial charge in [0, 0.05) is 13.1 Å². The number of nitrogens with zero attached hydrogens (tertiary/aromatic N) is 1. The largest absolute Gasteiger partial charge is 0.481 e. The van der Waals surface area contributed by atoms with Gasteiger partial charge in [-0.1, -0.05) is 37.6 Å². The van der Waals surface area contributed by atoms with Crippen molar-refractivity contribution in [3.8, 4) is 0 Å². The normalized spacial score (nSPS) is 13.0. The molecule has 1 atom stereocenters. The molecule has 1 rings (SSSR count). The average molecular weight is 263 g/mol. The van der Waals surface area contributed by atoms with Crippen LogP contribution in [0.1, 0.15) is 30.5 Å². The summed E-state index contributed by atoms with van der Waals surface area (Å²) in [7, 11) is 1.98. The van der Waals surface area contributed by atoms with E-state index in [4.69, 9.17) is 0 Å². The van der Waals surface area contributed by atoms with Gasteiger partial charge < -0.3 is 10.0 Å². The predicted octanol–water partition coefficient (Wildman–Crippen LogP) is 3.09. The standard InChI is InChI=1S/C16H25NO2/c1-11(2)15(16(18)19)10-17(5)9-14-7-6-12(3)8-13(14)4/h6-8,11,15H,9-10H2,1-5H3,(H,18,19). The van der Waals surface area contributed by atoms with Crippen molar-refractivity contribution >= 4 is 5.97 Å². The summed E-state index contributed by atoms with van der Waals surface area (Å²) in [6.07, 6.45) is 0. The summed E-state index contributed by atoms with van der Waals surface area (Å²) in [4.78, 5) is 13.3. The Labute approximate surface area is 116 Å². The highest BCUT2D eigenvalue weighted by molar-refractivity contribution is 5.70. The number of carbonyl (C=O) groups is 1. The van der Waals surface area contributed by atoms with Gasteiger partial charge in [-0.3, -0.25) is 4.79 Å². The van der Waals surface area contributed by atoms with E-state index in [1.165, 1.54) is 16.7 Å². The van der Waals surface area contributed by atoms with Crippen LogP contribution in [0, 0.1) is 25.7 Å². The second kappa shape index (κ2) is 6.71. The molecule has 0 saturated heterocycles. The van der Waals surface area contributed by atoms with E-state index in [0.29, 0.717) is 6.54 Å². The molecule has 0 aliphatic carbocycles. The van der Waals surface area contributed by atoms with Crippen LogP contribution in [-0.4, -0.2) is 29.6 Å². The van der Waals surface area contributed by atoms with Crippen LogP contribution >= 0.6 is 0 Å². The first kappa shape index (κ1) is 15.7. The van der Waals surface area contributed by atoms with Gasteiger partial charge in [-0.2, -0.15) is 0 Å². The van der Waals surface area contributed by atoms with E-state index in [2.05, 4.69) is 36.9 Å². The first-order valence-corrected chi connectivity index (χ1v) is 6.78. The van der Waals surface area contributed by atoms with E-state index < -0.39 is 5.97 Å². The van der Waals surface area contributed by atoms with Crippen LogP contribution in [0.4, 0.5) is 0 Å². The lowest BCUT2D eigenvalue weighted by atomic mass is 9.95. The summed E-state index contributed by atoms with van der Waals surface area (Å²) < 4.78 is 0. The van der Waals surface area contributed by atoms with Crippen LogP contribution in [0.5, 0.6) is 0 Å². The van der Waals surface area contributed by atoms with Crippen LogP contribution in [0.15, 0.2) is 18.2 Å². The minimum atomic E-state index is -0.706. The molecular weight excluding hydrogens is 238 g/mol. The Morgan fingerprint density at radius 1 is 1.32 bits per heavy atom. The number of aliphatic carboxylic acids is 1. The maximum atomic E-state index is 11.2. The van der Waals surface area contributed by atoms with Gasteiger partial charge in [0.2, 0.25) is 0 Å². The molecule has 3 heteroatoms. The molecule has 3 nitrogen and oxygen atoms in total. The molecule has 0 bridgehead atoms. The van der Waals surface area contributed by atoms with Crippen molar-refractivity contribution in [3.63, 3.8) is 0 Å². The Hall–Kier alpha value is -1.35. The Kier molecular flexibility index (Phi) is 5.55. The molecule has 1 aromatic rings. The van der Waals surface area contributed by atoms with Crippen LogP contribution < -0.4 is 0 Å². The average Bonchev–Trinajstić information content (AvgIpc) is 2.29. The zero-order chi connectivity index (χ0) is 14.6. The minimum Gasteiger partial charge on any atom is -0.481 e. The number of hydrogen-bond donors (Lipinski definition) is 1. The number of hydrogen-bond acceptors (Lipinski definition) is 2. The van der Waals surface area contributed by atoms with Gasteiger partial charge >= 0.3 is 5.97 Å². The Morgan fingerprint density at radius 3 is 2.42 bits per heavy atom. The highest BCUT2D eigenvalue weighted by Gasteiger charge is 2.23. The molecule has 0 radical (unpaired) electrons. The molecule has 0 spiro atoms. The zero-order valence-electron chi connectivity index (χ0n) is 12.6. The van der Waals surface area contributed by atoms with Crippen LogP contribution in [0.3, 0.4) is 0 Å². The van der Waals surface area contributed by atoms with E-state index in [0.717, 1.165) is 6.54 Å². The monoisotopic (exact) mass is 263 g/mol. The van der Waals surface area contributed by atoms with E-state index in [-0.39, 0.29) is 11.8 Å². The summed E-state index contributed by atoms with van der Waals surface area (Å²) in [5, 5.41) is 9.22. The third-order valence-electron chi connectivity index (χ3n) is 3.57. The maximum absolute atomic E-state index is 11.2. The van der Waals surface area contributed by atoms with Crippen molar-refractivity contribution in [2.45, 2.75) is 34.2 Å². The van der Waals surface area contributed by atoms with Gasteiger partial charge in [0.25, 0.3) is 0 Å². The van der Waals surface area contributed by atoms with Gasteiger partial charge in [0.05, 0.1) is 5.92 Å². The quantitative estimate of drug-likeness (QED) is 0.857. The van der Waals surface area contributed by atoms with Crippen molar-refractivity contribution in [2.24, 2.45) is 11.8 Å². The van der Waals surface area contributed by atoms with Gasteiger partial charge in [0.15, 0.2) is 0 Å². The fourth-order valence-corrected chi connectivity index (χ4v) is 2.29. The smallest absolute Gasteiger partial charge is 0.308 e. The molecule has 1 unspecified atom stereocenters. The molecule has 0 aromatic heterocycles. The summed E-state index contributed by atoms with van der Waals surface area (Å²) in [6, 6.07) is 6.40. The SMILES string of the molecule is Cc1ccc(CN(C)CC(C(=O)O)C(C)C)c(C)c1. The molecule has 0 amide bonds. The fraction of sp³-hybridized carbons (Fsp3) is 0.562. The Morgan fingerprint density at radius 2 is 1.95 bits per heavy atom. The summed E-state index contributed by atoms with van der Waals surface area (Å²) in [6.45, 7) is 9.49. The molecule has 19 heavy (non-hydrogen) atoms. The van der Waals surface area contributed by atoms with Crippen LogP contribution in [0.2, 0.25) is 0 Å². The zero-order valence-corrected chi connectivity index (χ0v) is 12.6. The van der Waals surface area contributed by atoms with Gasteiger partial charge in [-0.15, -0.1) is 0 Å². The Balaban J connectivity index is 2.69. The summed E-state index contributed by atoms with van der Waals surface area (Å²) in [5.41, 5.74) is 3.79. The second-order valence-corrected chi connectivity index (χ2v) is 5.82. The van der Waals surface area contributed by atoms with E-state index in [1.54, 1.807) is 0 Å². The van der Waals surface area contributed by atoms with Gasteiger partial charge in [0.1, 0.15) is 0 Å². The number of rotatable bonds is 6. The molecule has 0 heterocycles. The second-order valence-electron chi connectivity index (χ2n) is 5.82. The highest BCUT2D eigenvalue weighted by Crippen LogP contribution is 2.16. The van der Waals surface area contributed by atoms with E-state index in [1.807, 2.05) is 20.9 Å². The first-order valence-electron chi connectivity index (χ1n) is 6.78. The van der Waals surface area contributed by atoms with E-state index in [9.17, 15) is 9.90 Å². The molecule has 106 valence electrons. The van der Waals surface area contributed by atoms with Crippen LogP contribution in [-0.2, 0) is 11.3 Å². The number of carboxylic acid groups (broad SMARTS) is 1. The lowest BCUT2D eigenvalue weighted by Gasteiger charge is -2.24. The third kappa shape index (κ3) is 4.67. The topological polar surface area (TPSA) is 40.5 Å². The van der Waals surface area contributed by atoms with E-state index >= 15 is 0 Å². The van der Waals surface area contributed by atoms with Crippen molar-refractivity contribution in [1.82, 2.24) is 4.90 Å². The molecule has 0 aliphatic heterocycles. The highest BCUT2D eigenvalue weighted by atomic mass is 16.4. The lowest BCUT2D eigenvalue weighted by Crippen LogP contribution is -2.33. The van der Waals surface area contributed by atoms with Crippen molar-refractivity contribution in [2.75, 3.05) is 13.6 Å². The van der Waals surface area contributed by atoms with Crippen LogP contribution in [0.25, 0.3) is 0 Å². The van der Waals surface area contributed by atoms with Crippen molar-refractivity contribution in [1.29, 1.82) is 0 Å². The van der Waals surface area contributed by atoms with Crippen molar-refractivity contribution < 1.29 is 9.90 Å². The minimum absolute atomic E-state index is 0.152. The molecular formula is C16H25NO2. The number of benzene rings is 1. The molecule has 1 N–H and O–H groups in total. The Bertz CT molecular complexity index is 440. The van der Waals surface area contributed by atoms with Gasteiger partial charge in [-0.05, 0) is 37.9 Å². The lowest BCUT2D eigenvalue weighted by molar-refractivity contribution is -0.144. The fourth-order valence-electron chi connectivity index (χ4n) is 2.29. The van der Waals surface area contributed by atoms with Gasteiger partial charge in [-0.25, -0.2) is 0 Å². The summed E-state index contributed by atoms with van der Waals surface area (Å²) in [5.74, 6) is -0.864. The molecule has 0 saturated carbocycles. The number of aryl methyl sites for hydroxylation is 2. The molecule has 0 fully saturated rings. The van der Waals surface area contributed by atoms with Crippen molar-refractivity contribution in [3.05, 3.63) is 34.9 Å². The predicted molar refractivity (Wildman–Crippen MR) is 78.2 cm³/mol. The third-order valence-corrected chi connectivity index (χ3v) is 3.57. The molecule has 0 aliphatic rings. The number of carboxylic acids is 1. The summed E-state index contributed by atoms with van der Waals surface area (Å²) >= 11 is 0. The maximum Gasteiger partial charge on any atom is 0.308 e.